The maximum Gasteiger partial charge on any atom is 0.173 e. The summed E-state index contributed by atoms with van der Waals surface area (Å²) < 4.78 is 0. The first-order valence-electron chi connectivity index (χ1n) is 7.57. The number of thioether (sulfide) groups is 1. The minimum absolute atomic E-state index is 0.202. The third kappa shape index (κ3) is 3.46. The molecule has 1 aromatic carbocycles. The molecule has 0 aliphatic carbocycles. The first kappa shape index (κ1) is 16.0. The summed E-state index contributed by atoms with van der Waals surface area (Å²) in [5.74, 6) is 2.57. The van der Waals surface area contributed by atoms with Gasteiger partial charge < -0.3 is 15.8 Å². The molecule has 1 heterocycles. The van der Waals surface area contributed by atoms with Crippen LogP contribution in [0.4, 0.5) is 5.69 Å². The number of oxime groups is 1. The van der Waals surface area contributed by atoms with Crippen LogP contribution in [-0.4, -0.2) is 29.9 Å². The van der Waals surface area contributed by atoms with E-state index < -0.39 is 0 Å². The van der Waals surface area contributed by atoms with Gasteiger partial charge in [-0.1, -0.05) is 32.0 Å². The Morgan fingerprint density at radius 2 is 2.19 bits per heavy atom. The molecule has 4 nitrogen and oxygen atoms in total. The van der Waals surface area contributed by atoms with Crippen LogP contribution in [0.15, 0.2) is 28.3 Å². The van der Waals surface area contributed by atoms with Crippen LogP contribution in [0, 0.1) is 11.8 Å². The van der Waals surface area contributed by atoms with E-state index in [1.807, 2.05) is 6.07 Å². The van der Waals surface area contributed by atoms with Crippen molar-refractivity contribution in [2.75, 3.05) is 23.7 Å². The van der Waals surface area contributed by atoms with E-state index >= 15 is 0 Å². The van der Waals surface area contributed by atoms with E-state index in [4.69, 9.17) is 10.9 Å². The fourth-order valence-electron chi connectivity index (χ4n) is 2.85. The van der Waals surface area contributed by atoms with Gasteiger partial charge in [-0.05, 0) is 36.1 Å². The zero-order valence-corrected chi connectivity index (χ0v) is 13.9. The summed E-state index contributed by atoms with van der Waals surface area (Å²) in [5.41, 5.74) is 7.91. The highest BCUT2D eigenvalue weighted by molar-refractivity contribution is 7.99. The minimum Gasteiger partial charge on any atom is -0.409 e. The predicted molar refractivity (Wildman–Crippen MR) is 90.5 cm³/mol. The summed E-state index contributed by atoms with van der Waals surface area (Å²) in [4.78, 5) is 3.45. The summed E-state index contributed by atoms with van der Waals surface area (Å²) in [6.07, 6.45) is 1.18. The molecule has 3 N–H and O–H groups in total. The van der Waals surface area contributed by atoms with E-state index in [1.54, 1.807) is 11.8 Å². The molecule has 0 saturated carbocycles. The van der Waals surface area contributed by atoms with Crippen molar-refractivity contribution >= 4 is 23.3 Å². The maximum atomic E-state index is 9.13. The lowest BCUT2D eigenvalue weighted by Crippen LogP contribution is -2.39. The van der Waals surface area contributed by atoms with Gasteiger partial charge in [0.1, 0.15) is 0 Å². The van der Waals surface area contributed by atoms with Gasteiger partial charge in [0, 0.05) is 23.7 Å². The van der Waals surface area contributed by atoms with Crippen LogP contribution in [0.25, 0.3) is 0 Å². The van der Waals surface area contributed by atoms with Gasteiger partial charge in [0.15, 0.2) is 5.84 Å². The Hall–Kier alpha value is -1.36. The fourth-order valence-corrected chi connectivity index (χ4v) is 3.69. The Morgan fingerprint density at radius 1 is 1.43 bits per heavy atom. The Morgan fingerprint density at radius 3 is 2.81 bits per heavy atom. The molecule has 21 heavy (non-hydrogen) atoms. The van der Waals surface area contributed by atoms with Crippen LogP contribution in [0.1, 0.15) is 32.8 Å². The highest BCUT2D eigenvalue weighted by Crippen LogP contribution is 2.34. The fraction of sp³-hybridized carbons (Fsp3) is 0.562. The average Bonchev–Trinajstić information content (AvgIpc) is 2.49. The zero-order valence-electron chi connectivity index (χ0n) is 13.0. The van der Waals surface area contributed by atoms with Crippen molar-refractivity contribution in [3.05, 3.63) is 23.8 Å². The van der Waals surface area contributed by atoms with Gasteiger partial charge in [-0.25, -0.2) is 0 Å². The second-order valence-electron chi connectivity index (χ2n) is 5.76. The summed E-state index contributed by atoms with van der Waals surface area (Å²) in [5, 5.41) is 12.4. The molecule has 116 valence electrons. The molecule has 2 atom stereocenters. The van der Waals surface area contributed by atoms with Crippen molar-refractivity contribution in [1.29, 1.82) is 0 Å². The van der Waals surface area contributed by atoms with E-state index in [2.05, 4.69) is 43.0 Å². The number of piperidine rings is 1. The maximum absolute atomic E-state index is 9.13. The van der Waals surface area contributed by atoms with Gasteiger partial charge in [-0.2, -0.15) is 0 Å². The lowest BCUT2D eigenvalue weighted by atomic mass is 9.88. The number of rotatable bonds is 4. The molecule has 0 radical (unpaired) electrons. The van der Waals surface area contributed by atoms with Crippen LogP contribution < -0.4 is 10.6 Å². The third-order valence-corrected chi connectivity index (χ3v) is 5.28. The number of anilines is 1. The van der Waals surface area contributed by atoms with E-state index in [0.29, 0.717) is 5.92 Å². The molecule has 5 heteroatoms. The zero-order chi connectivity index (χ0) is 15.4. The first-order chi connectivity index (χ1) is 10.1. The molecule has 0 aromatic heterocycles. The highest BCUT2D eigenvalue weighted by Gasteiger charge is 2.25. The van der Waals surface area contributed by atoms with E-state index in [-0.39, 0.29) is 5.84 Å². The van der Waals surface area contributed by atoms with Gasteiger partial charge in [0.2, 0.25) is 0 Å². The molecule has 1 aromatic rings. The second kappa shape index (κ2) is 7.07. The molecule has 1 saturated heterocycles. The van der Waals surface area contributed by atoms with Crippen LogP contribution in [0.2, 0.25) is 0 Å². The normalized spacial score (nSPS) is 23.4. The average molecular weight is 307 g/mol. The SMILES string of the molecule is CCSc1cccc(N2CCC(C)C(C)C2)c1/C(N)=N/O. The Bertz CT molecular complexity index is 518. The number of hydrogen-bond donors (Lipinski definition) is 2. The number of nitrogens with zero attached hydrogens (tertiary/aromatic N) is 2. The van der Waals surface area contributed by atoms with Crippen molar-refractivity contribution < 1.29 is 5.21 Å². The predicted octanol–water partition coefficient (Wildman–Crippen LogP) is 3.38. The Balaban J connectivity index is 2.40. The Kier molecular flexibility index (Phi) is 5.39. The topological polar surface area (TPSA) is 61.8 Å². The van der Waals surface area contributed by atoms with E-state index in [1.165, 1.54) is 6.42 Å². The first-order valence-corrected chi connectivity index (χ1v) is 8.55. The monoisotopic (exact) mass is 307 g/mol. The van der Waals surface area contributed by atoms with E-state index in [0.717, 1.165) is 40.9 Å². The van der Waals surface area contributed by atoms with Crippen LogP contribution >= 0.6 is 11.8 Å². The molecule has 0 bridgehead atoms. The van der Waals surface area contributed by atoms with Crippen LogP contribution in [0.3, 0.4) is 0 Å². The standard InChI is InChI=1S/C16H25N3OS/c1-4-21-14-7-5-6-13(15(14)16(17)18-20)19-9-8-11(2)12(3)10-19/h5-7,11-12,20H,4,8-10H2,1-3H3,(H2,17,18). The lowest BCUT2D eigenvalue weighted by Gasteiger charge is -2.38. The smallest absolute Gasteiger partial charge is 0.173 e. The number of nitrogens with two attached hydrogens (primary N) is 1. The van der Waals surface area contributed by atoms with E-state index in [9.17, 15) is 0 Å². The molecule has 0 amide bonds. The van der Waals surface area contributed by atoms with Crippen LogP contribution in [0.5, 0.6) is 0 Å². The highest BCUT2D eigenvalue weighted by atomic mass is 32.2. The summed E-state index contributed by atoms with van der Waals surface area (Å²) in [6, 6.07) is 6.18. The van der Waals surface area contributed by atoms with Gasteiger partial charge >= 0.3 is 0 Å². The van der Waals surface area contributed by atoms with Gasteiger partial charge in [-0.3, -0.25) is 0 Å². The molecule has 1 fully saturated rings. The van der Waals surface area contributed by atoms with Crippen molar-refractivity contribution in [1.82, 2.24) is 0 Å². The van der Waals surface area contributed by atoms with Crippen molar-refractivity contribution in [2.45, 2.75) is 32.1 Å². The van der Waals surface area contributed by atoms with Crippen molar-refractivity contribution in [3.8, 4) is 0 Å². The number of amidine groups is 1. The van der Waals surface area contributed by atoms with Crippen molar-refractivity contribution in [3.63, 3.8) is 0 Å². The second-order valence-corrected chi connectivity index (χ2v) is 7.06. The van der Waals surface area contributed by atoms with Gasteiger partial charge in [-0.15, -0.1) is 11.8 Å². The summed E-state index contributed by atoms with van der Waals surface area (Å²) in [6.45, 7) is 8.77. The summed E-state index contributed by atoms with van der Waals surface area (Å²) >= 11 is 1.73. The third-order valence-electron chi connectivity index (χ3n) is 4.34. The molecule has 1 aliphatic rings. The van der Waals surface area contributed by atoms with Crippen molar-refractivity contribution in [2.24, 2.45) is 22.7 Å². The lowest BCUT2D eigenvalue weighted by molar-refractivity contribution is 0.318. The molecule has 1 aliphatic heterocycles. The number of benzene rings is 1. The quantitative estimate of drug-likeness (QED) is 0.294. The molecular weight excluding hydrogens is 282 g/mol. The molecule has 2 unspecified atom stereocenters. The largest absolute Gasteiger partial charge is 0.409 e. The van der Waals surface area contributed by atoms with Crippen LogP contribution in [-0.2, 0) is 0 Å². The molecular formula is C16H25N3OS. The van der Waals surface area contributed by atoms with Gasteiger partial charge in [0.05, 0.1) is 5.56 Å². The Labute approximate surface area is 131 Å². The van der Waals surface area contributed by atoms with Gasteiger partial charge in [0.25, 0.3) is 0 Å². The molecule has 0 spiro atoms. The minimum atomic E-state index is 0.202. The molecule has 2 rings (SSSR count). The summed E-state index contributed by atoms with van der Waals surface area (Å²) in [7, 11) is 0. The number of hydrogen-bond acceptors (Lipinski definition) is 4.